The van der Waals surface area contributed by atoms with Crippen molar-refractivity contribution in [2.45, 2.75) is 52.1 Å². The summed E-state index contributed by atoms with van der Waals surface area (Å²) in [5, 5.41) is 0. The van der Waals surface area contributed by atoms with Crippen molar-refractivity contribution in [1.29, 1.82) is 0 Å². The van der Waals surface area contributed by atoms with E-state index in [1.54, 1.807) is 0 Å². The molecule has 0 aromatic carbocycles. The lowest BCUT2D eigenvalue weighted by atomic mass is 9.93. The standard InChI is InChI=1S/C14H22O/c1-11-7-8-13(9-12(11)2)10-15-14-5-3-4-6-14/h7,9,13-14H,3-6,8,10H2,1-2H3. The molecule has 0 aliphatic heterocycles. The maximum atomic E-state index is 5.95. The molecule has 15 heavy (non-hydrogen) atoms. The van der Waals surface area contributed by atoms with E-state index in [1.807, 2.05) is 0 Å². The number of rotatable bonds is 3. The lowest BCUT2D eigenvalue weighted by molar-refractivity contribution is 0.0427. The molecule has 0 heterocycles. The van der Waals surface area contributed by atoms with Gasteiger partial charge in [-0.1, -0.05) is 36.1 Å². The Morgan fingerprint density at radius 3 is 2.60 bits per heavy atom. The van der Waals surface area contributed by atoms with E-state index in [0.717, 1.165) is 13.0 Å². The molecule has 0 saturated heterocycles. The van der Waals surface area contributed by atoms with Gasteiger partial charge in [-0.25, -0.2) is 0 Å². The maximum Gasteiger partial charge on any atom is 0.0575 e. The van der Waals surface area contributed by atoms with Crippen molar-refractivity contribution in [1.82, 2.24) is 0 Å². The predicted molar refractivity (Wildman–Crippen MR) is 63.8 cm³/mol. The molecule has 2 aliphatic rings. The number of allylic oxidation sites excluding steroid dienone is 3. The molecule has 0 bridgehead atoms. The molecule has 1 atom stereocenters. The summed E-state index contributed by atoms with van der Waals surface area (Å²) in [5.41, 5.74) is 2.87. The molecule has 1 unspecified atom stereocenters. The fraction of sp³-hybridized carbons (Fsp3) is 0.714. The van der Waals surface area contributed by atoms with Crippen LogP contribution in [0.25, 0.3) is 0 Å². The Hall–Kier alpha value is -0.560. The Kier molecular flexibility index (Phi) is 3.63. The van der Waals surface area contributed by atoms with E-state index in [2.05, 4.69) is 26.0 Å². The third kappa shape index (κ3) is 2.94. The van der Waals surface area contributed by atoms with Crippen molar-refractivity contribution in [3.05, 3.63) is 23.3 Å². The van der Waals surface area contributed by atoms with Crippen LogP contribution in [-0.4, -0.2) is 12.7 Å². The van der Waals surface area contributed by atoms with E-state index in [-0.39, 0.29) is 0 Å². The van der Waals surface area contributed by atoms with Gasteiger partial charge in [0.25, 0.3) is 0 Å². The second-order valence-electron chi connectivity index (χ2n) is 4.97. The Labute approximate surface area is 93.2 Å². The summed E-state index contributed by atoms with van der Waals surface area (Å²) in [4.78, 5) is 0. The van der Waals surface area contributed by atoms with Crippen LogP contribution >= 0.6 is 0 Å². The van der Waals surface area contributed by atoms with Gasteiger partial charge in [0.1, 0.15) is 0 Å². The summed E-state index contributed by atoms with van der Waals surface area (Å²) in [6.45, 7) is 5.32. The Morgan fingerprint density at radius 2 is 1.93 bits per heavy atom. The van der Waals surface area contributed by atoms with E-state index in [1.165, 1.54) is 36.8 Å². The zero-order chi connectivity index (χ0) is 10.7. The second-order valence-corrected chi connectivity index (χ2v) is 4.97. The Bertz CT molecular complexity index is 269. The minimum Gasteiger partial charge on any atom is -0.378 e. The average Bonchev–Trinajstić information content (AvgIpc) is 2.73. The molecule has 1 heteroatoms. The minimum absolute atomic E-state index is 0.561. The van der Waals surface area contributed by atoms with Gasteiger partial charge in [-0.15, -0.1) is 0 Å². The van der Waals surface area contributed by atoms with Crippen molar-refractivity contribution >= 4 is 0 Å². The number of ether oxygens (including phenoxy) is 1. The maximum absolute atomic E-state index is 5.95. The highest BCUT2D eigenvalue weighted by Gasteiger charge is 2.17. The normalized spacial score (nSPS) is 27.7. The summed E-state index contributed by atoms with van der Waals surface area (Å²) in [6.07, 6.45) is 11.7. The van der Waals surface area contributed by atoms with Crippen molar-refractivity contribution in [2.75, 3.05) is 6.61 Å². The topological polar surface area (TPSA) is 9.23 Å². The van der Waals surface area contributed by atoms with Gasteiger partial charge < -0.3 is 4.74 Å². The first-order valence-corrected chi connectivity index (χ1v) is 6.23. The van der Waals surface area contributed by atoms with Crippen molar-refractivity contribution in [3.63, 3.8) is 0 Å². The highest BCUT2D eigenvalue weighted by molar-refractivity contribution is 5.30. The quantitative estimate of drug-likeness (QED) is 0.681. The van der Waals surface area contributed by atoms with Gasteiger partial charge in [-0.2, -0.15) is 0 Å². The molecule has 0 N–H and O–H groups in total. The largest absolute Gasteiger partial charge is 0.378 e. The highest BCUT2D eigenvalue weighted by Crippen LogP contribution is 2.25. The van der Waals surface area contributed by atoms with Crippen LogP contribution in [-0.2, 0) is 4.74 Å². The first kappa shape index (κ1) is 10.9. The van der Waals surface area contributed by atoms with Crippen molar-refractivity contribution in [3.8, 4) is 0 Å². The molecule has 0 spiro atoms. The molecule has 84 valence electrons. The summed E-state index contributed by atoms with van der Waals surface area (Å²) in [7, 11) is 0. The van der Waals surface area contributed by atoms with Crippen LogP contribution in [0.2, 0.25) is 0 Å². The van der Waals surface area contributed by atoms with Gasteiger partial charge >= 0.3 is 0 Å². The van der Waals surface area contributed by atoms with Gasteiger partial charge in [0.05, 0.1) is 12.7 Å². The molecule has 1 saturated carbocycles. The number of hydrogen-bond acceptors (Lipinski definition) is 1. The van der Waals surface area contributed by atoms with E-state index < -0.39 is 0 Å². The van der Waals surface area contributed by atoms with Crippen LogP contribution in [0.15, 0.2) is 23.3 Å². The van der Waals surface area contributed by atoms with Crippen LogP contribution < -0.4 is 0 Å². The molecule has 2 aliphatic carbocycles. The molecule has 0 aromatic heterocycles. The SMILES string of the molecule is CC1=CCC(COC2CCCC2)C=C1C. The lowest BCUT2D eigenvalue weighted by Gasteiger charge is -2.20. The average molecular weight is 206 g/mol. The van der Waals surface area contributed by atoms with Gasteiger partial charge in [0, 0.05) is 5.92 Å². The summed E-state index contributed by atoms with van der Waals surface area (Å²) < 4.78 is 5.95. The first-order valence-electron chi connectivity index (χ1n) is 6.23. The first-order chi connectivity index (χ1) is 7.25. The predicted octanol–water partition coefficient (Wildman–Crippen LogP) is 3.86. The lowest BCUT2D eigenvalue weighted by Crippen LogP contribution is -2.16. The fourth-order valence-corrected chi connectivity index (χ4v) is 2.47. The second kappa shape index (κ2) is 4.98. The number of hydrogen-bond donors (Lipinski definition) is 0. The Balaban J connectivity index is 1.76. The van der Waals surface area contributed by atoms with Crippen molar-refractivity contribution in [2.24, 2.45) is 5.92 Å². The molecular weight excluding hydrogens is 184 g/mol. The Morgan fingerprint density at radius 1 is 1.20 bits per heavy atom. The smallest absolute Gasteiger partial charge is 0.0575 e. The van der Waals surface area contributed by atoms with Gasteiger partial charge in [0.15, 0.2) is 0 Å². The molecule has 0 radical (unpaired) electrons. The summed E-state index contributed by atoms with van der Waals surface area (Å²) in [6, 6.07) is 0. The van der Waals surface area contributed by atoms with Gasteiger partial charge in [0.2, 0.25) is 0 Å². The van der Waals surface area contributed by atoms with Crippen LogP contribution in [0.5, 0.6) is 0 Å². The molecule has 0 amide bonds. The molecule has 1 fully saturated rings. The summed E-state index contributed by atoms with van der Waals surface area (Å²) >= 11 is 0. The highest BCUT2D eigenvalue weighted by atomic mass is 16.5. The monoisotopic (exact) mass is 206 g/mol. The van der Waals surface area contributed by atoms with Crippen LogP contribution in [0, 0.1) is 5.92 Å². The van der Waals surface area contributed by atoms with Crippen molar-refractivity contribution < 1.29 is 4.74 Å². The summed E-state index contributed by atoms with van der Waals surface area (Å²) in [5.74, 6) is 0.620. The van der Waals surface area contributed by atoms with Crippen LogP contribution in [0.3, 0.4) is 0 Å². The van der Waals surface area contributed by atoms with E-state index in [0.29, 0.717) is 12.0 Å². The van der Waals surface area contributed by atoms with Crippen LogP contribution in [0.4, 0.5) is 0 Å². The van der Waals surface area contributed by atoms with E-state index >= 15 is 0 Å². The fourth-order valence-electron chi connectivity index (χ4n) is 2.47. The minimum atomic E-state index is 0.561. The van der Waals surface area contributed by atoms with E-state index in [4.69, 9.17) is 4.74 Å². The van der Waals surface area contributed by atoms with Gasteiger partial charge in [-0.3, -0.25) is 0 Å². The zero-order valence-electron chi connectivity index (χ0n) is 9.96. The van der Waals surface area contributed by atoms with Crippen LogP contribution in [0.1, 0.15) is 46.0 Å². The molecule has 1 nitrogen and oxygen atoms in total. The third-order valence-electron chi connectivity index (χ3n) is 3.68. The van der Waals surface area contributed by atoms with E-state index in [9.17, 15) is 0 Å². The third-order valence-corrected chi connectivity index (χ3v) is 3.68. The molecule has 0 aromatic rings. The molecule has 2 rings (SSSR count). The van der Waals surface area contributed by atoms with Gasteiger partial charge in [-0.05, 0) is 33.1 Å². The molecular formula is C14H22O. The zero-order valence-corrected chi connectivity index (χ0v) is 9.96.